The van der Waals surface area contributed by atoms with Crippen molar-refractivity contribution in [1.82, 2.24) is 0 Å². The van der Waals surface area contributed by atoms with Gasteiger partial charge in [-0.15, -0.1) is 0 Å². The minimum absolute atomic E-state index is 0.301. The molecule has 0 bridgehead atoms. The molecule has 0 amide bonds. The first-order chi connectivity index (χ1) is 6.27. The Morgan fingerprint density at radius 1 is 1.31 bits per heavy atom. The van der Waals surface area contributed by atoms with Crippen molar-refractivity contribution in [3.63, 3.8) is 0 Å². The highest BCUT2D eigenvalue weighted by Crippen LogP contribution is 2.14. The summed E-state index contributed by atoms with van der Waals surface area (Å²) in [5.74, 6) is -0.904. The SMILES string of the molecule is O=C(O)c1ccc2ccc[c]c2c1. The molecule has 0 atom stereocenters. The van der Waals surface area contributed by atoms with Crippen molar-refractivity contribution in [2.45, 2.75) is 0 Å². The van der Waals surface area contributed by atoms with Gasteiger partial charge in [0.1, 0.15) is 0 Å². The highest BCUT2D eigenvalue weighted by molar-refractivity contribution is 5.94. The van der Waals surface area contributed by atoms with E-state index in [1.165, 1.54) is 0 Å². The van der Waals surface area contributed by atoms with Crippen molar-refractivity contribution in [3.05, 3.63) is 48.0 Å². The van der Waals surface area contributed by atoms with Crippen LogP contribution in [0.4, 0.5) is 0 Å². The second-order valence-electron chi connectivity index (χ2n) is 2.78. The lowest BCUT2D eigenvalue weighted by Crippen LogP contribution is -1.94. The van der Waals surface area contributed by atoms with E-state index >= 15 is 0 Å². The third-order valence-corrected chi connectivity index (χ3v) is 1.91. The van der Waals surface area contributed by atoms with Crippen LogP contribution in [0.2, 0.25) is 0 Å². The Hall–Kier alpha value is -1.83. The Labute approximate surface area is 75.4 Å². The summed E-state index contributed by atoms with van der Waals surface area (Å²) in [6.45, 7) is 0. The third kappa shape index (κ3) is 1.38. The normalized spacial score (nSPS) is 10.2. The maximum atomic E-state index is 10.6. The van der Waals surface area contributed by atoms with Crippen LogP contribution in [0.3, 0.4) is 0 Å². The lowest BCUT2D eigenvalue weighted by atomic mass is 10.1. The highest BCUT2D eigenvalue weighted by Gasteiger charge is 2.02. The fourth-order valence-corrected chi connectivity index (χ4v) is 1.25. The molecule has 0 aromatic heterocycles. The standard InChI is InChI=1S/C11H7O2/c12-11(13)10-6-5-8-3-1-2-4-9(8)7-10/h1-3,5-7H,(H,12,13). The smallest absolute Gasteiger partial charge is 0.335 e. The lowest BCUT2D eigenvalue weighted by Gasteiger charge is -1.97. The number of carbonyl (C=O) groups is 1. The van der Waals surface area contributed by atoms with Crippen molar-refractivity contribution < 1.29 is 9.90 Å². The number of hydrogen-bond donors (Lipinski definition) is 1. The Bertz CT molecular complexity index is 460. The fraction of sp³-hybridized carbons (Fsp3) is 0. The van der Waals surface area contributed by atoms with Gasteiger partial charge in [0.2, 0.25) is 0 Å². The predicted octanol–water partition coefficient (Wildman–Crippen LogP) is 2.34. The molecule has 1 radical (unpaired) electrons. The molecule has 0 fully saturated rings. The zero-order chi connectivity index (χ0) is 9.26. The van der Waals surface area contributed by atoms with Crippen LogP contribution in [-0.2, 0) is 0 Å². The monoisotopic (exact) mass is 171 g/mol. The summed E-state index contributed by atoms with van der Waals surface area (Å²) in [5, 5.41) is 10.6. The molecule has 0 saturated heterocycles. The molecular formula is C11H7O2. The number of fused-ring (bicyclic) bond motifs is 1. The van der Waals surface area contributed by atoms with Crippen LogP contribution in [-0.4, -0.2) is 11.1 Å². The van der Waals surface area contributed by atoms with Crippen molar-refractivity contribution >= 4 is 16.7 Å². The second kappa shape index (κ2) is 2.90. The van der Waals surface area contributed by atoms with Gasteiger partial charge in [-0.2, -0.15) is 0 Å². The molecule has 2 aromatic rings. The molecule has 2 heteroatoms. The molecule has 0 aliphatic heterocycles. The number of rotatable bonds is 1. The van der Waals surface area contributed by atoms with Gasteiger partial charge >= 0.3 is 5.97 Å². The molecule has 2 rings (SSSR count). The van der Waals surface area contributed by atoms with E-state index in [1.54, 1.807) is 24.3 Å². The van der Waals surface area contributed by atoms with Crippen LogP contribution < -0.4 is 0 Å². The molecule has 0 spiro atoms. The molecule has 0 aliphatic rings. The molecule has 0 unspecified atom stereocenters. The Morgan fingerprint density at radius 2 is 2.15 bits per heavy atom. The van der Waals surface area contributed by atoms with Crippen molar-refractivity contribution in [3.8, 4) is 0 Å². The third-order valence-electron chi connectivity index (χ3n) is 1.91. The van der Waals surface area contributed by atoms with E-state index in [4.69, 9.17) is 5.11 Å². The first-order valence-electron chi connectivity index (χ1n) is 3.91. The fourth-order valence-electron chi connectivity index (χ4n) is 1.25. The van der Waals surface area contributed by atoms with Crippen LogP contribution in [0.15, 0.2) is 36.4 Å². The number of carboxylic acids is 1. The minimum atomic E-state index is -0.904. The first-order valence-corrected chi connectivity index (χ1v) is 3.91. The topological polar surface area (TPSA) is 37.3 Å². The zero-order valence-corrected chi connectivity index (χ0v) is 6.82. The molecule has 13 heavy (non-hydrogen) atoms. The lowest BCUT2D eigenvalue weighted by molar-refractivity contribution is 0.0697. The predicted molar refractivity (Wildman–Crippen MR) is 49.7 cm³/mol. The van der Waals surface area contributed by atoms with Crippen molar-refractivity contribution in [2.75, 3.05) is 0 Å². The molecular weight excluding hydrogens is 164 g/mol. The minimum Gasteiger partial charge on any atom is -0.478 e. The highest BCUT2D eigenvalue weighted by atomic mass is 16.4. The van der Waals surface area contributed by atoms with Crippen LogP contribution in [0.1, 0.15) is 10.4 Å². The van der Waals surface area contributed by atoms with Gasteiger partial charge in [0.15, 0.2) is 0 Å². The number of aromatic carboxylic acids is 1. The van der Waals surface area contributed by atoms with E-state index in [9.17, 15) is 4.79 Å². The van der Waals surface area contributed by atoms with Gasteiger partial charge in [-0.1, -0.05) is 24.3 Å². The first kappa shape index (κ1) is 7.80. The summed E-state index contributed by atoms with van der Waals surface area (Å²) in [4.78, 5) is 10.6. The Morgan fingerprint density at radius 3 is 2.92 bits per heavy atom. The van der Waals surface area contributed by atoms with Crippen LogP contribution >= 0.6 is 0 Å². The Balaban J connectivity index is 2.69. The average molecular weight is 171 g/mol. The van der Waals surface area contributed by atoms with Gasteiger partial charge in [-0.05, 0) is 29.0 Å². The molecule has 0 saturated carbocycles. The number of benzene rings is 2. The van der Waals surface area contributed by atoms with Crippen LogP contribution in [0.5, 0.6) is 0 Å². The summed E-state index contributed by atoms with van der Waals surface area (Å²) in [6.07, 6.45) is 0. The van der Waals surface area contributed by atoms with E-state index in [1.807, 2.05) is 12.1 Å². The summed E-state index contributed by atoms with van der Waals surface area (Å²) in [7, 11) is 0. The van der Waals surface area contributed by atoms with Crippen LogP contribution in [0.25, 0.3) is 10.8 Å². The van der Waals surface area contributed by atoms with Gasteiger partial charge in [0.25, 0.3) is 0 Å². The van der Waals surface area contributed by atoms with E-state index in [2.05, 4.69) is 6.07 Å². The van der Waals surface area contributed by atoms with Gasteiger partial charge in [-0.25, -0.2) is 4.79 Å². The van der Waals surface area contributed by atoms with Gasteiger partial charge < -0.3 is 5.11 Å². The van der Waals surface area contributed by atoms with Crippen molar-refractivity contribution in [2.24, 2.45) is 0 Å². The van der Waals surface area contributed by atoms with E-state index in [0.717, 1.165) is 10.8 Å². The van der Waals surface area contributed by atoms with E-state index in [0.29, 0.717) is 5.56 Å². The summed E-state index contributed by atoms with van der Waals surface area (Å²) >= 11 is 0. The van der Waals surface area contributed by atoms with Gasteiger partial charge in [0.05, 0.1) is 5.56 Å². The van der Waals surface area contributed by atoms with Gasteiger partial charge in [-0.3, -0.25) is 0 Å². The molecule has 1 N–H and O–H groups in total. The molecule has 63 valence electrons. The second-order valence-corrected chi connectivity index (χ2v) is 2.78. The average Bonchev–Trinajstić information content (AvgIpc) is 2.17. The maximum absolute atomic E-state index is 10.6. The van der Waals surface area contributed by atoms with Crippen LogP contribution in [0, 0.1) is 6.07 Å². The van der Waals surface area contributed by atoms with Gasteiger partial charge in [0, 0.05) is 0 Å². The summed E-state index contributed by atoms with van der Waals surface area (Å²) in [5.41, 5.74) is 0.301. The quantitative estimate of drug-likeness (QED) is 0.715. The van der Waals surface area contributed by atoms with Crippen molar-refractivity contribution in [1.29, 1.82) is 0 Å². The molecule has 2 nitrogen and oxygen atoms in total. The largest absolute Gasteiger partial charge is 0.478 e. The molecule has 0 heterocycles. The Kier molecular flexibility index (Phi) is 1.74. The molecule has 0 aliphatic carbocycles. The molecule has 2 aromatic carbocycles. The summed E-state index contributed by atoms with van der Waals surface area (Å²) in [6, 6.07) is 13.6. The zero-order valence-electron chi connectivity index (χ0n) is 6.82. The van der Waals surface area contributed by atoms with E-state index < -0.39 is 5.97 Å². The maximum Gasteiger partial charge on any atom is 0.335 e. The number of hydrogen-bond acceptors (Lipinski definition) is 1. The number of carboxylic acid groups (broad SMARTS) is 1. The van der Waals surface area contributed by atoms with E-state index in [-0.39, 0.29) is 0 Å². The summed E-state index contributed by atoms with van der Waals surface area (Å²) < 4.78 is 0.